The first-order chi connectivity index (χ1) is 9.75. The van der Waals surface area contributed by atoms with Crippen LogP contribution >= 0.6 is 31.9 Å². The third-order valence-corrected chi connectivity index (χ3v) is 5.54. The van der Waals surface area contributed by atoms with E-state index < -0.39 is 0 Å². The number of halogens is 2. The Morgan fingerprint density at radius 2 is 1.20 bits per heavy atom. The van der Waals surface area contributed by atoms with Gasteiger partial charge in [-0.25, -0.2) is 0 Å². The Balaban J connectivity index is 1.85. The van der Waals surface area contributed by atoms with Crippen molar-refractivity contribution in [2.45, 2.75) is 50.7 Å². The van der Waals surface area contributed by atoms with Gasteiger partial charge in [0.15, 0.2) is 0 Å². The lowest BCUT2D eigenvalue weighted by atomic mass is 9.96. The van der Waals surface area contributed by atoms with E-state index >= 15 is 0 Å². The zero-order chi connectivity index (χ0) is 13.9. The van der Waals surface area contributed by atoms with Crippen LogP contribution in [0.4, 0.5) is 0 Å². The van der Waals surface area contributed by atoms with Gasteiger partial charge in [0.2, 0.25) is 0 Å². The van der Waals surface area contributed by atoms with Gasteiger partial charge in [-0.15, -0.1) is 0 Å². The Bertz CT molecular complexity index is 420. The highest BCUT2D eigenvalue weighted by Crippen LogP contribution is 2.40. The number of benzene rings is 1. The van der Waals surface area contributed by atoms with Crippen molar-refractivity contribution in [3.63, 3.8) is 0 Å². The van der Waals surface area contributed by atoms with Gasteiger partial charge in [0, 0.05) is 22.2 Å². The number of ether oxygens (including phenoxy) is 2. The lowest BCUT2D eigenvalue weighted by molar-refractivity contribution is 0.0121. The second kappa shape index (κ2) is 6.91. The molecular weight excluding hydrogens is 384 g/mol. The third kappa shape index (κ3) is 3.29. The molecule has 2 unspecified atom stereocenters. The van der Waals surface area contributed by atoms with Crippen molar-refractivity contribution in [2.75, 3.05) is 13.2 Å². The molecule has 110 valence electrons. The summed E-state index contributed by atoms with van der Waals surface area (Å²) in [5, 5.41) is 0. The summed E-state index contributed by atoms with van der Waals surface area (Å²) in [6.45, 7) is 1.75. The molecular formula is C16H20Br2O2. The van der Waals surface area contributed by atoms with Crippen LogP contribution in [0.2, 0.25) is 0 Å². The molecule has 2 fully saturated rings. The van der Waals surface area contributed by atoms with Crippen molar-refractivity contribution in [1.82, 2.24) is 0 Å². The first-order valence-corrected chi connectivity index (χ1v) is 9.06. The van der Waals surface area contributed by atoms with Gasteiger partial charge in [0.05, 0.1) is 12.2 Å². The minimum Gasteiger partial charge on any atom is -0.373 e. The highest BCUT2D eigenvalue weighted by molar-refractivity contribution is 9.11. The molecule has 20 heavy (non-hydrogen) atoms. The van der Waals surface area contributed by atoms with E-state index in [0.717, 1.165) is 35.0 Å². The van der Waals surface area contributed by atoms with Crippen molar-refractivity contribution in [2.24, 2.45) is 0 Å². The Kier molecular flexibility index (Phi) is 5.18. The summed E-state index contributed by atoms with van der Waals surface area (Å²) in [5.74, 6) is 0. The van der Waals surface area contributed by atoms with Crippen molar-refractivity contribution in [3.8, 4) is 0 Å². The fourth-order valence-corrected chi connectivity index (χ4v) is 4.28. The van der Waals surface area contributed by atoms with Crippen molar-refractivity contribution in [1.29, 1.82) is 0 Å². The largest absolute Gasteiger partial charge is 0.373 e. The van der Waals surface area contributed by atoms with Crippen molar-refractivity contribution in [3.05, 3.63) is 32.2 Å². The molecule has 2 nitrogen and oxygen atoms in total. The van der Waals surface area contributed by atoms with Crippen LogP contribution in [0.5, 0.6) is 0 Å². The first kappa shape index (κ1) is 15.0. The standard InChI is InChI=1S/C16H20Br2O2/c17-13-10-12(16-6-2-4-8-20-16)14(18)9-11(13)15-5-1-3-7-19-15/h9-10,15-16H,1-8H2. The maximum atomic E-state index is 5.90. The SMILES string of the molecule is Brc1cc(C2CCCCO2)c(Br)cc1C1CCCCO1. The van der Waals surface area contributed by atoms with Crippen LogP contribution in [-0.4, -0.2) is 13.2 Å². The molecule has 2 aliphatic heterocycles. The van der Waals surface area contributed by atoms with Gasteiger partial charge in [-0.2, -0.15) is 0 Å². The van der Waals surface area contributed by atoms with Crippen LogP contribution in [-0.2, 0) is 9.47 Å². The Labute approximate surface area is 137 Å². The fourth-order valence-electron chi connectivity index (χ4n) is 3.04. The normalized spacial score (nSPS) is 27.5. The summed E-state index contributed by atoms with van der Waals surface area (Å²) >= 11 is 7.45. The highest BCUT2D eigenvalue weighted by Gasteiger charge is 2.23. The number of hydrogen-bond donors (Lipinski definition) is 0. The van der Waals surface area contributed by atoms with E-state index in [2.05, 4.69) is 44.0 Å². The molecule has 0 radical (unpaired) electrons. The quantitative estimate of drug-likeness (QED) is 0.630. The average molecular weight is 404 g/mol. The smallest absolute Gasteiger partial charge is 0.0836 e. The topological polar surface area (TPSA) is 18.5 Å². The second-order valence-corrected chi connectivity index (χ2v) is 7.31. The van der Waals surface area contributed by atoms with Gasteiger partial charge in [-0.3, -0.25) is 0 Å². The predicted molar refractivity (Wildman–Crippen MR) is 86.9 cm³/mol. The fraction of sp³-hybridized carbons (Fsp3) is 0.625. The van der Waals surface area contributed by atoms with E-state index in [4.69, 9.17) is 9.47 Å². The molecule has 3 rings (SSSR count). The minimum absolute atomic E-state index is 0.232. The molecule has 2 saturated heterocycles. The number of rotatable bonds is 2. The van der Waals surface area contributed by atoms with Crippen LogP contribution in [0.1, 0.15) is 61.9 Å². The monoisotopic (exact) mass is 402 g/mol. The zero-order valence-corrected chi connectivity index (χ0v) is 14.7. The molecule has 2 atom stereocenters. The van der Waals surface area contributed by atoms with E-state index in [1.165, 1.54) is 36.8 Å². The second-order valence-electron chi connectivity index (χ2n) is 5.61. The molecule has 0 aliphatic carbocycles. The zero-order valence-electron chi connectivity index (χ0n) is 11.5. The predicted octanol–water partition coefficient (Wildman–Crippen LogP) is 5.69. The molecule has 1 aromatic carbocycles. The van der Waals surface area contributed by atoms with Gasteiger partial charge in [-0.1, -0.05) is 31.9 Å². The van der Waals surface area contributed by atoms with Crippen LogP contribution in [0.3, 0.4) is 0 Å². The van der Waals surface area contributed by atoms with Crippen LogP contribution in [0, 0.1) is 0 Å². The Hall–Kier alpha value is 0.1000. The van der Waals surface area contributed by atoms with E-state index in [9.17, 15) is 0 Å². The van der Waals surface area contributed by atoms with E-state index in [-0.39, 0.29) is 12.2 Å². The average Bonchev–Trinajstić information content (AvgIpc) is 2.51. The minimum atomic E-state index is 0.232. The van der Waals surface area contributed by atoms with Crippen molar-refractivity contribution >= 4 is 31.9 Å². The van der Waals surface area contributed by atoms with Gasteiger partial charge in [0.1, 0.15) is 0 Å². The summed E-state index contributed by atoms with van der Waals surface area (Å²) < 4.78 is 14.1. The maximum Gasteiger partial charge on any atom is 0.0836 e. The molecule has 0 saturated carbocycles. The third-order valence-electron chi connectivity index (χ3n) is 4.17. The van der Waals surface area contributed by atoms with Crippen LogP contribution in [0.15, 0.2) is 21.1 Å². The lowest BCUT2D eigenvalue weighted by Crippen LogP contribution is -2.14. The molecule has 4 heteroatoms. The van der Waals surface area contributed by atoms with E-state index in [0.29, 0.717) is 0 Å². The molecule has 0 amide bonds. The summed E-state index contributed by atoms with van der Waals surface area (Å²) in [5.41, 5.74) is 2.52. The van der Waals surface area contributed by atoms with Gasteiger partial charge in [-0.05, 0) is 61.8 Å². The van der Waals surface area contributed by atoms with E-state index in [1.807, 2.05) is 0 Å². The number of hydrogen-bond acceptors (Lipinski definition) is 2. The Morgan fingerprint density at radius 3 is 1.55 bits per heavy atom. The molecule has 0 spiro atoms. The summed E-state index contributed by atoms with van der Waals surface area (Å²) in [7, 11) is 0. The van der Waals surface area contributed by atoms with Gasteiger partial charge < -0.3 is 9.47 Å². The molecule has 0 bridgehead atoms. The van der Waals surface area contributed by atoms with Crippen LogP contribution in [0.25, 0.3) is 0 Å². The summed E-state index contributed by atoms with van der Waals surface area (Å²) in [4.78, 5) is 0. The molecule has 2 heterocycles. The molecule has 1 aromatic rings. The summed E-state index contributed by atoms with van der Waals surface area (Å²) in [6.07, 6.45) is 7.57. The Morgan fingerprint density at radius 1 is 0.750 bits per heavy atom. The lowest BCUT2D eigenvalue weighted by Gasteiger charge is -2.27. The first-order valence-electron chi connectivity index (χ1n) is 7.48. The highest BCUT2D eigenvalue weighted by atomic mass is 79.9. The van der Waals surface area contributed by atoms with Gasteiger partial charge >= 0.3 is 0 Å². The van der Waals surface area contributed by atoms with E-state index in [1.54, 1.807) is 0 Å². The molecule has 2 aliphatic rings. The molecule has 0 aromatic heterocycles. The van der Waals surface area contributed by atoms with Gasteiger partial charge in [0.25, 0.3) is 0 Å². The van der Waals surface area contributed by atoms with Crippen LogP contribution < -0.4 is 0 Å². The summed E-state index contributed by atoms with van der Waals surface area (Å²) in [6, 6.07) is 4.43. The van der Waals surface area contributed by atoms with Crippen molar-refractivity contribution < 1.29 is 9.47 Å². The molecule has 0 N–H and O–H groups in total. The maximum absolute atomic E-state index is 5.90.